The van der Waals surface area contributed by atoms with Gasteiger partial charge >= 0.3 is 5.97 Å². The average Bonchev–Trinajstić information content (AvgIpc) is 3.09. The molecule has 1 aromatic heterocycles. The smallest absolute Gasteiger partial charge is 0.353 e. The van der Waals surface area contributed by atoms with Gasteiger partial charge in [-0.2, -0.15) is 0 Å². The standard InChI is InChI=1S/C16H18N2O5S2/c1-7-12-11(8(2)20)15(21)18(12)13(16(22)23)14(7)24-4-3-10-9(5-19)17-6-25-10/h3-4,6-8,11-12,19-20H,5H2,1-2H3,(H,22,23)/b4-3+/t7-,8-,11-,12+/m1/s1. The number of amides is 1. The van der Waals surface area contributed by atoms with Gasteiger partial charge in [-0.05, 0) is 18.4 Å². The number of carbonyl (C=O) groups excluding carboxylic acids is 1. The summed E-state index contributed by atoms with van der Waals surface area (Å²) in [5, 5.41) is 30.3. The van der Waals surface area contributed by atoms with Crippen molar-refractivity contribution < 1.29 is 24.9 Å². The van der Waals surface area contributed by atoms with Crippen molar-refractivity contribution in [2.24, 2.45) is 11.8 Å². The van der Waals surface area contributed by atoms with Crippen molar-refractivity contribution in [1.82, 2.24) is 9.88 Å². The van der Waals surface area contributed by atoms with Gasteiger partial charge in [-0.1, -0.05) is 18.7 Å². The lowest BCUT2D eigenvalue weighted by Gasteiger charge is -2.46. The van der Waals surface area contributed by atoms with E-state index in [2.05, 4.69) is 4.98 Å². The Balaban J connectivity index is 1.84. The molecule has 1 amide bonds. The molecule has 3 heterocycles. The Hall–Kier alpha value is -1.68. The number of fused-ring (bicyclic) bond motifs is 1. The maximum absolute atomic E-state index is 12.2. The zero-order chi connectivity index (χ0) is 18.3. The molecule has 9 heteroatoms. The van der Waals surface area contributed by atoms with Crippen LogP contribution in [0.5, 0.6) is 0 Å². The van der Waals surface area contributed by atoms with Crippen LogP contribution in [0.3, 0.4) is 0 Å². The zero-order valence-corrected chi connectivity index (χ0v) is 15.3. The van der Waals surface area contributed by atoms with Crippen molar-refractivity contribution in [2.75, 3.05) is 0 Å². The van der Waals surface area contributed by atoms with E-state index in [1.165, 1.54) is 28.0 Å². The van der Waals surface area contributed by atoms with Crippen molar-refractivity contribution in [1.29, 1.82) is 0 Å². The van der Waals surface area contributed by atoms with Crippen molar-refractivity contribution >= 4 is 41.1 Å². The molecule has 0 saturated carbocycles. The van der Waals surface area contributed by atoms with Gasteiger partial charge in [-0.3, -0.25) is 4.79 Å². The molecule has 0 radical (unpaired) electrons. The molecule has 2 aliphatic rings. The van der Waals surface area contributed by atoms with Gasteiger partial charge < -0.3 is 20.2 Å². The highest BCUT2D eigenvalue weighted by Crippen LogP contribution is 2.50. The molecule has 0 bridgehead atoms. The first-order valence-corrected chi connectivity index (χ1v) is 9.49. The van der Waals surface area contributed by atoms with Crippen molar-refractivity contribution in [3.05, 3.63) is 32.1 Å². The third-order valence-corrected chi connectivity index (χ3v) is 6.48. The molecule has 25 heavy (non-hydrogen) atoms. The van der Waals surface area contributed by atoms with E-state index in [4.69, 9.17) is 0 Å². The Kier molecular flexibility index (Phi) is 5.01. The van der Waals surface area contributed by atoms with E-state index in [1.807, 2.05) is 6.92 Å². The van der Waals surface area contributed by atoms with Crippen LogP contribution < -0.4 is 0 Å². The molecule has 7 nitrogen and oxygen atoms in total. The highest BCUT2D eigenvalue weighted by atomic mass is 32.2. The topological polar surface area (TPSA) is 111 Å². The fraction of sp³-hybridized carbons (Fsp3) is 0.438. The second kappa shape index (κ2) is 6.91. The van der Waals surface area contributed by atoms with E-state index in [0.717, 1.165) is 4.88 Å². The number of carboxylic acid groups (broad SMARTS) is 1. The number of thiazole rings is 1. The molecular formula is C16H18N2O5S2. The Morgan fingerprint density at radius 1 is 1.56 bits per heavy atom. The number of thioether (sulfide) groups is 1. The lowest BCUT2D eigenvalue weighted by Crippen LogP contribution is -2.63. The van der Waals surface area contributed by atoms with E-state index in [9.17, 15) is 24.9 Å². The van der Waals surface area contributed by atoms with E-state index in [-0.39, 0.29) is 30.2 Å². The molecule has 1 aromatic rings. The maximum atomic E-state index is 12.2. The van der Waals surface area contributed by atoms with Crippen LogP contribution in [0.25, 0.3) is 6.08 Å². The quantitative estimate of drug-likeness (QED) is 0.639. The predicted molar refractivity (Wildman–Crippen MR) is 94.3 cm³/mol. The third-order valence-electron chi connectivity index (χ3n) is 4.55. The number of hydrogen-bond donors (Lipinski definition) is 3. The molecule has 1 fully saturated rings. The highest BCUT2D eigenvalue weighted by molar-refractivity contribution is 8.06. The van der Waals surface area contributed by atoms with Crippen LogP contribution in [-0.4, -0.2) is 49.2 Å². The average molecular weight is 382 g/mol. The first-order chi connectivity index (χ1) is 11.9. The largest absolute Gasteiger partial charge is 0.477 e. The van der Waals surface area contributed by atoms with Crippen molar-refractivity contribution in [2.45, 2.75) is 32.6 Å². The number of carboxylic acids is 1. The number of aliphatic hydroxyl groups is 2. The summed E-state index contributed by atoms with van der Waals surface area (Å²) in [5.41, 5.74) is 2.20. The Labute approximate surface area is 152 Å². The lowest BCUT2D eigenvalue weighted by molar-refractivity contribution is -0.163. The Bertz CT molecular complexity index is 770. The third kappa shape index (κ3) is 2.91. The number of hydrogen-bond acceptors (Lipinski definition) is 7. The first kappa shape index (κ1) is 18.1. The van der Waals surface area contributed by atoms with Gasteiger partial charge in [0.15, 0.2) is 0 Å². The van der Waals surface area contributed by atoms with Crippen LogP contribution in [0.4, 0.5) is 0 Å². The number of rotatable bonds is 6. The van der Waals surface area contributed by atoms with Gasteiger partial charge in [-0.15, -0.1) is 11.3 Å². The van der Waals surface area contributed by atoms with Crippen molar-refractivity contribution in [3.63, 3.8) is 0 Å². The van der Waals surface area contributed by atoms with Gasteiger partial charge in [0.1, 0.15) is 5.70 Å². The summed E-state index contributed by atoms with van der Waals surface area (Å²) in [5.74, 6) is -2.21. The normalized spacial score (nSPS) is 27.0. The fourth-order valence-electron chi connectivity index (χ4n) is 3.38. The first-order valence-electron chi connectivity index (χ1n) is 7.73. The molecule has 0 aromatic carbocycles. The second-order valence-corrected chi connectivity index (χ2v) is 7.85. The molecular weight excluding hydrogens is 364 g/mol. The minimum atomic E-state index is -1.14. The van der Waals surface area contributed by atoms with Gasteiger partial charge in [0.25, 0.3) is 0 Å². The summed E-state index contributed by atoms with van der Waals surface area (Å²) in [7, 11) is 0. The second-order valence-electron chi connectivity index (χ2n) is 6.01. The van der Waals surface area contributed by atoms with Gasteiger partial charge in [0, 0.05) is 10.8 Å². The summed E-state index contributed by atoms with van der Waals surface area (Å²) < 4.78 is 0. The monoisotopic (exact) mass is 382 g/mol. The fourth-order valence-corrected chi connectivity index (χ4v) is 5.16. The summed E-state index contributed by atoms with van der Waals surface area (Å²) in [4.78, 5) is 30.6. The Morgan fingerprint density at radius 3 is 2.88 bits per heavy atom. The molecule has 0 unspecified atom stereocenters. The van der Waals surface area contributed by atoms with E-state index < -0.39 is 18.0 Å². The van der Waals surface area contributed by atoms with E-state index in [1.54, 1.807) is 23.9 Å². The minimum absolute atomic E-state index is 0.000682. The number of aliphatic carboxylic acids is 1. The summed E-state index contributed by atoms with van der Waals surface area (Å²) >= 11 is 2.63. The summed E-state index contributed by atoms with van der Waals surface area (Å²) in [6, 6.07) is -0.314. The molecule has 0 spiro atoms. The van der Waals surface area contributed by atoms with Crippen LogP contribution in [-0.2, 0) is 16.2 Å². The molecule has 134 valence electrons. The van der Waals surface area contributed by atoms with Gasteiger partial charge in [0.05, 0.1) is 40.8 Å². The van der Waals surface area contributed by atoms with Crippen LogP contribution in [0.15, 0.2) is 21.5 Å². The van der Waals surface area contributed by atoms with Crippen LogP contribution >= 0.6 is 23.1 Å². The number of β-lactam (4-membered cyclic amide) rings is 1. The summed E-state index contributed by atoms with van der Waals surface area (Å²) in [6.07, 6.45) is 0.965. The molecule has 3 rings (SSSR count). The number of aliphatic hydroxyl groups excluding tert-OH is 2. The van der Waals surface area contributed by atoms with Crippen molar-refractivity contribution in [3.8, 4) is 0 Å². The molecule has 3 N–H and O–H groups in total. The number of aromatic nitrogens is 1. The molecule has 1 saturated heterocycles. The molecule has 0 aliphatic carbocycles. The van der Waals surface area contributed by atoms with Crippen LogP contribution in [0.2, 0.25) is 0 Å². The predicted octanol–water partition coefficient (Wildman–Crippen LogP) is 1.49. The number of nitrogens with zero attached hydrogens (tertiary/aromatic N) is 2. The number of carbonyl (C=O) groups is 2. The molecule has 2 aliphatic heterocycles. The van der Waals surface area contributed by atoms with E-state index in [0.29, 0.717) is 10.6 Å². The SMILES string of the molecule is C[C@@H](O)[C@H]1C(=O)N2C(C(=O)O)=C(S/C=C/c3scnc3CO)[C@H](C)[C@@H]12. The minimum Gasteiger partial charge on any atom is -0.477 e. The zero-order valence-electron chi connectivity index (χ0n) is 13.6. The van der Waals surface area contributed by atoms with Gasteiger partial charge in [0.2, 0.25) is 5.91 Å². The summed E-state index contributed by atoms with van der Waals surface area (Å²) in [6.45, 7) is 3.27. The molecule has 4 atom stereocenters. The van der Waals surface area contributed by atoms with Crippen LogP contribution in [0, 0.1) is 11.8 Å². The Morgan fingerprint density at radius 2 is 2.28 bits per heavy atom. The highest BCUT2D eigenvalue weighted by Gasteiger charge is 2.59. The van der Waals surface area contributed by atoms with Gasteiger partial charge in [-0.25, -0.2) is 9.78 Å². The maximum Gasteiger partial charge on any atom is 0.353 e. The lowest BCUT2D eigenvalue weighted by atomic mass is 9.79. The van der Waals surface area contributed by atoms with E-state index >= 15 is 0 Å². The van der Waals surface area contributed by atoms with Crippen LogP contribution in [0.1, 0.15) is 24.4 Å².